The largest absolute Gasteiger partial charge is 0.494 e. The lowest BCUT2D eigenvalue weighted by Gasteiger charge is -2.38. The van der Waals surface area contributed by atoms with Crippen LogP contribution in [0.2, 0.25) is 0 Å². The highest BCUT2D eigenvalue weighted by Crippen LogP contribution is 2.39. The number of carbonyl (C=O) groups is 1. The molecule has 1 aliphatic rings. The number of pyridine rings is 1. The van der Waals surface area contributed by atoms with Crippen molar-refractivity contribution in [1.82, 2.24) is 9.88 Å². The molecule has 0 unspecified atom stereocenters. The molecule has 0 radical (unpaired) electrons. The lowest BCUT2D eigenvalue weighted by Crippen LogP contribution is -2.53. The quantitative estimate of drug-likeness (QED) is 0.749. The standard InChI is InChI=1S/C16H24N2O2/c1-4-18(5-2)16(10-6-7-11-16)15(19)14-13(20-3)9-8-12-17-14/h8-9,12H,4-7,10-11H2,1-3H3. The van der Waals surface area contributed by atoms with Gasteiger partial charge in [0.2, 0.25) is 5.78 Å². The van der Waals surface area contributed by atoms with E-state index in [1.165, 1.54) is 0 Å². The van der Waals surface area contributed by atoms with Gasteiger partial charge < -0.3 is 4.74 Å². The van der Waals surface area contributed by atoms with E-state index in [9.17, 15) is 4.79 Å². The highest BCUT2D eigenvalue weighted by Gasteiger charge is 2.46. The summed E-state index contributed by atoms with van der Waals surface area (Å²) in [6, 6.07) is 3.61. The summed E-state index contributed by atoms with van der Waals surface area (Å²) in [5, 5.41) is 0. The zero-order chi connectivity index (χ0) is 14.6. The third-order valence-electron chi connectivity index (χ3n) is 4.43. The van der Waals surface area contributed by atoms with E-state index < -0.39 is 0 Å². The van der Waals surface area contributed by atoms with Crippen LogP contribution in [-0.4, -0.2) is 41.4 Å². The SMILES string of the molecule is CCN(CC)C1(C(=O)c2ncccc2OC)CCCC1. The van der Waals surface area contributed by atoms with Gasteiger partial charge >= 0.3 is 0 Å². The van der Waals surface area contributed by atoms with E-state index in [-0.39, 0.29) is 11.3 Å². The monoisotopic (exact) mass is 276 g/mol. The second-order valence-corrected chi connectivity index (χ2v) is 5.29. The fraction of sp³-hybridized carbons (Fsp3) is 0.625. The average molecular weight is 276 g/mol. The molecule has 1 aromatic heterocycles. The van der Waals surface area contributed by atoms with E-state index in [4.69, 9.17) is 4.74 Å². The maximum absolute atomic E-state index is 13.1. The number of likely N-dealkylation sites (N-methyl/N-ethyl adjacent to an activating group) is 1. The van der Waals surface area contributed by atoms with Gasteiger partial charge in [0.05, 0.1) is 12.6 Å². The smallest absolute Gasteiger partial charge is 0.205 e. The summed E-state index contributed by atoms with van der Waals surface area (Å²) < 4.78 is 5.32. The molecule has 1 heterocycles. The van der Waals surface area contributed by atoms with Gasteiger partial charge in [0.1, 0.15) is 11.4 Å². The first kappa shape index (κ1) is 15.0. The van der Waals surface area contributed by atoms with E-state index in [0.29, 0.717) is 11.4 Å². The summed E-state index contributed by atoms with van der Waals surface area (Å²) in [4.78, 5) is 19.7. The van der Waals surface area contributed by atoms with E-state index in [1.54, 1.807) is 19.4 Å². The van der Waals surface area contributed by atoms with Gasteiger partial charge in [-0.2, -0.15) is 0 Å². The van der Waals surface area contributed by atoms with Crippen LogP contribution in [0.4, 0.5) is 0 Å². The van der Waals surface area contributed by atoms with Crippen LogP contribution < -0.4 is 4.74 Å². The van der Waals surface area contributed by atoms with Crippen molar-refractivity contribution in [2.24, 2.45) is 0 Å². The molecule has 0 atom stereocenters. The molecular weight excluding hydrogens is 252 g/mol. The lowest BCUT2D eigenvalue weighted by atomic mass is 9.87. The number of methoxy groups -OCH3 is 1. The Hall–Kier alpha value is -1.42. The Morgan fingerprint density at radius 3 is 2.55 bits per heavy atom. The number of hydrogen-bond acceptors (Lipinski definition) is 4. The molecule has 4 heteroatoms. The summed E-state index contributed by atoms with van der Waals surface area (Å²) in [6.07, 6.45) is 5.73. The summed E-state index contributed by atoms with van der Waals surface area (Å²) in [6.45, 7) is 6.01. The maximum atomic E-state index is 13.1. The highest BCUT2D eigenvalue weighted by molar-refractivity contribution is 6.04. The Bertz CT molecular complexity index is 463. The summed E-state index contributed by atoms with van der Waals surface area (Å²) in [5.74, 6) is 0.701. The molecular formula is C16H24N2O2. The van der Waals surface area contributed by atoms with Crippen molar-refractivity contribution in [3.05, 3.63) is 24.0 Å². The average Bonchev–Trinajstić information content (AvgIpc) is 2.98. The van der Waals surface area contributed by atoms with Gasteiger partial charge in [-0.05, 0) is 38.1 Å². The Morgan fingerprint density at radius 1 is 1.35 bits per heavy atom. The van der Waals surface area contributed by atoms with Crippen LogP contribution in [0.15, 0.2) is 18.3 Å². The van der Waals surface area contributed by atoms with Crippen molar-refractivity contribution < 1.29 is 9.53 Å². The number of carbonyl (C=O) groups excluding carboxylic acids is 1. The number of ether oxygens (including phenoxy) is 1. The zero-order valence-corrected chi connectivity index (χ0v) is 12.7. The first-order valence-electron chi connectivity index (χ1n) is 7.48. The zero-order valence-electron chi connectivity index (χ0n) is 12.7. The minimum Gasteiger partial charge on any atom is -0.494 e. The van der Waals surface area contributed by atoms with Gasteiger partial charge in [-0.15, -0.1) is 0 Å². The Labute approximate surface area is 121 Å². The number of hydrogen-bond donors (Lipinski definition) is 0. The molecule has 20 heavy (non-hydrogen) atoms. The number of nitrogens with zero attached hydrogens (tertiary/aromatic N) is 2. The van der Waals surface area contributed by atoms with Crippen LogP contribution in [0.1, 0.15) is 50.0 Å². The second-order valence-electron chi connectivity index (χ2n) is 5.29. The molecule has 1 fully saturated rings. The van der Waals surface area contributed by atoms with Crippen LogP contribution in [0.5, 0.6) is 5.75 Å². The molecule has 0 aromatic carbocycles. The van der Waals surface area contributed by atoms with Crippen molar-refractivity contribution in [3.8, 4) is 5.75 Å². The summed E-state index contributed by atoms with van der Waals surface area (Å²) >= 11 is 0. The molecule has 1 aromatic rings. The van der Waals surface area contributed by atoms with Crippen molar-refractivity contribution in [2.45, 2.75) is 45.1 Å². The molecule has 1 aliphatic carbocycles. The first-order chi connectivity index (χ1) is 9.69. The molecule has 0 saturated heterocycles. The van der Waals surface area contributed by atoms with E-state index in [2.05, 4.69) is 23.7 Å². The normalized spacial score (nSPS) is 17.4. The van der Waals surface area contributed by atoms with Crippen LogP contribution in [0.3, 0.4) is 0 Å². The van der Waals surface area contributed by atoms with Gasteiger partial charge in [0, 0.05) is 6.20 Å². The fourth-order valence-corrected chi connectivity index (χ4v) is 3.42. The molecule has 0 aliphatic heterocycles. The number of rotatable bonds is 6. The van der Waals surface area contributed by atoms with E-state index in [1.807, 2.05) is 6.07 Å². The first-order valence-corrected chi connectivity index (χ1v) is 7.48. The third-order valence-corrected chi connectivity index (χ3v) is 4.43. The van der Waals surface area contributed by atoms with Crippen LogP contribution in [0.25, 0.3) is 0 Å². The van der Waals surface area contributed by atoms with Crippen LogP contribution in [0, 0.1) is 0 Å². The summed E-state index contributed by atoms with van der Waals surface area (Å²) in [7, 11) is 1.59. The molecule has 4 nitrogen and oxygen atoms in total. The minimum atomic E-state index is -0.384. The highest BCUT2D eigenvalue weighted by atomic mass is 16.5. The van der Waals surface area contributed by atoms with Crippen molar-refractivity contribution >= 4 is 5.78 Å². The van der Waals surface area contributed by atoms with Crippen LogP contribution >= 0.6 is 0 Å². The lowest BCUT2D eigenvalue weighted by molar-refractivity contribution is 0.0575. The predicted octanol–water partition coefficient (Wildman–Crippen LogP) is 2.93. The molecule has 110 valence electrons. The summed E-state index contributed by atoms with van der Waals surface area (Å²) in [5.41, 5.74) is 0.0919. The predicted molar refractivity (Wildman–Crippen MR) is 79.2 cm³/mol. The van der Waals surface area contributed by atoms with Crippen molar-refractivity contribution in [3.63, 3.8) is 0 Å². The van der Waals surface area contributed by atoms with Gasteiger partial charge in [0.15, 0.2) is 0 Å². The molecule has 0 bridgehead atoms. The molecule has 2 rings (SSSR count). The van der Waals surface area contributed by atoms with E-state index in [0.717, 1.165) is 38.8 Å². The van der Waals surface area contributed by atoms with Gasteiger partial charge in [-0.1, -0.05) is 26.7 Å². The molecule has 1 saturated carbocycles. The number of Topliss-reactive ketones (excluding diaryl/α,β-unsaturated/α-hetero) is 1. The van der Waals surface area contributed by atoms with Gasteiger partial charge in [-0.3, -0.25) is 9.69 Å². The second kappa shape index (κ2) is 6.35. The fourth-order valence-electron chi connectivity index (χ4n) is 3.42. The third kappa shape index (κ3) is 2.44. The van der Waals surface area contributed by atoms with E-state index >= 15 is 0 Å². The number of aromatic nitrogens is 1. The topological polar surface area (TPSA) is 42.4 Å². The van der Waals surface area contributed by atoms with Gasteiger partial charge in [-0.25, -0.2) is 4.98 Å². The Kier molecular flexibility index (Phi) is 4.76. The van der Waals surface area contributed by atoms with Crippen LogP contribution in [-0.2, 0) is 0 Å². The van der Waals surface area contributed by atoms with Crippen molar-refractivity contribution in [1.29, 1.82) is 0 Å². The maximum Gasteiger partial charge on any atom is 0.205 e. The molecule has 0 spiro atoms. The molecule has 0 amide bonds. The minimum absolute atomic E-state index is 0.121. The Morgan fingerprint density at radius 2 is 2.00 bits per heavy atom. The van der Waals surface area contributed by atoms with Crippen molar-refractivity contribution in [2.75, 3.05) is 20.2 Å². The Balaban J connectivity index is 2.41. The number of ketones is 1. The molecule has 0 N–H and O–H groups in total. The van der Waals surface area contributed by atoms with Gasteiger partial charge in [0.25, 0.3) is 0 Å².